The van der Waals surface area contributed by atoms with Crippen molar-refractivity contribution < 1.29 is 14.3 Å². The molecule has 1 N–H and O–H groups in total. The van der Waals surface area contributed by atoms with E-state index in [1.807, 2.05) is 35.0 Å². The maximum absolute atomic E-state index is 13.3. The summed E-state index contributed by atoms with van der Waals surface area (Å²) in [5.74, 6) is 3.19. The molecule has 4 heterocycles. The molecule has 0 aliphatic carbocycles. The molecule has 2 aliphatic heterocycles. The van der Waals surface area contributed by atoms with Gasteiger partial charge < -0.3 is 19.7 Å². The molecule has 2 unspecified atom stereocenters. The number of carbonyl (C=O) groups is 1. The number of nitrogens with one attached hydrogen (secondary N) is 1. The number of hydrogen-bond acceptors (Lipinski definition) is 8. The number of nitrogens with zero attached hydrogens (tertiary/aromatic N) is 6. The average molecular weight is 582 g/mol. The molecule has 0 saturated carbocycles. The van der Waals surface area contributed by atoms with E-state index in [0.29, 0.717) is 38.6 Å². The second-order valence-corrected chi connectivity index (χ2v) is 11.6. The normalized spacial score (nSPS) is 18.6. The van der Waals surface area contributed by atoms with E-state index in [4.69, 9.17) is 19.4 Å². The first kappa shape index (κ1) is 28.7. The minimum absolute atomic E-state index is 0.0107. The van der Waals surface area contributed by atoms with Crippen molar-refractivity contribution >= 4 is 11.7 Å². The fraction of sp³-hybridized carbons (Fsp3) is 0.394. The standard InChI is InChI=1S/C33H39N7O3/c1-23(2)28-17-31(37-33(36-28)39-13-12-34-22-39)40-15-14-38(20-27-21-42-29-6-4-5-7-30(29)43-27)19-26(40)16-32(41)35-18-25-10-8-24(3)9-11-25/h4-13,17,22-23,26-27H,14-16,18-21H2,1-3H3,(H,35,41). The number of rotatable bonds is 9. The predicted molar refractivity (Wildman–Crippen MR) is 165 cm³/mol. The summed E-state index contributed by atoms with van der Waals surface area (Å²) in [5.41, 5.74) is 3.23. The number of benzene rings is 2. The number of aryl methyl sites for hydroxylation is 1. The third kappa shape index (κ3) is 6.97. The van der Waals surface area contributed by atoms with Crippen molar-refractivity contribution in [3.63, 3.8) is 0 Å². The molecular formula is C33H39N7O3. The van der Waals surface area contributed by atoms with Crippen LogP contribution in [0.5, 0.6) is 11.5 Å². The summed E-state index contributed by atoms with van der Waals surface area (Å²) in [6.07, 6.45) is 5.54. The average Bonchev–Trinajstić information content (AvgIpc) is 3.56. The van der Waals surface area contributed by atoms with Gasteiger partial charge in [-0.25, -0.2) is 9.97 Å². The number of carbonyl (C=O) groups excluding carboxylic acids is 1. The Bertz CT molecular complexity index is 1520. The van der Waals surface area contributed by atoms with Crippen LogP contribution in [0, 0.1) is 6.92 Å². The summed E-state index contributed by atoms with van der Waals surface area (Å²) in [7, 11) is 0. The molecule has 0 bridgehead atoms. The lowest BCUT2D eigenvalue weighted by molar-refractivity contribution is -0.121. The van der Waals surface area contributed by atoms with E-state index in [1.54, 1.807) is 12.5 Å². The van der Waals surface area contributed by atoms with E-state index in [1.165, 1.54) is 5.56 Å². The Morgan fingerprint density at radius 2 is 1.88 bits per heavy atom. The molecule has 43 heavy (non-hydrogen) atoms. The van der Waals surface area contributed by atoms with Crippen LogP contribution in [-0.4, -0.2) is 75.3 Å². The molecule has 2 aromatic heterocycles. The van der Waals surface area contributed by atoms with Crippen LogP contribution in [0.1, 0.15) is 43.0 Å². The summed E-state index contributed by atoms with van der Waals surface area (Å²) in [6, 6.07) is 18.0. The van der Waals surface area contributed by atoms with Crippen LogP contribution >= 0.6 is 0 Å². The van der Waals surface area contributed by atoms with Crippen molar-refractivity contribution in [1.82, 2.24) is 29.7 Å². The Morgan fingerprint density at radius 1 is 1.07 bits per heavy atom. The van der Waals surface area contributed by atoms with Gasteiger partial charge in [0.15, 0.2) is 11.5 Å². The van der Waals surface area contributed by atoms with Crippen molar-refractivity contribution in [2.45, 2.75) is 51.8 Å². The number of para-hydroxylation sites is 2. The van der Waals surface area contributed by atoms with Crippen molar-refractivity contribution in [2.24, 2.45) is 0 Å². The monoisotopic (exact) mass is 581 g/mol. The number of aromatic nitrogens is 4. The third-order valence-corrected chi connectivity index (χ3v) is 7.97. The van der Waals surface area contributed by atoms with Crippen LogP contribution in [0.3, 0.4) is 0 Å². The highest BCUT2D eigenvalue weighted by atomic mass is 16.6. The zero-order valence-corrected chi connectivity index (χ0v) is 25.0. The van der Waals surface area contributed by atoms with Crippen LogP contribution < -0.4 is 19.7 Å². The predicted octanol–water partition coefficient (Wildman–Crippen LogP) is 4.13. The van der Waals surface area contributed by atoms with Crippen LogP contribution in [0.4, 0.5) is 5.82 Å². The first-order chi connectivity index (χ1) is 20.9. The Morgan fingerprint density at radius 3 is 2.65 bits per heavy atom. The van der Waals surface area contributed by atoms with Crippen molar-refractivity contribution in [3.05, 3.63) is 90.1 Å². The lowest BCUT2D eigenvalue weighted by Gasteiger charge is -2.43. The zero-order chi connectivity index (χ0) is 29.8. The molecule has 2 atom stereocenters. The lowest BCUT2D eigenvalue weighted by Crippen LogP contribution is -2.57. The molecule has 1 fully saturated rings. The number of hydrogen-bond donors (Lipinski definition) is 1. The number of piperazine rings is 1. The van der Waals surface area contributed by atoms with Crippen molar-refractivity contribution in [3.8, 4) is 17.4 Å². The van der Waals surface area contributed by atoms with Gasteiger partial charge in [-0.1, -0.05) is 55.8 Å². The number of amides is 1. The Hall–Kier alpha value is -4.44. The van der Waals surface area contributed by atoms with Crippen LogP contribution in [0.2, 0.25) is 0 Å². The van der Waals surface area contributed by atoms with E-state index in [-0.39, 0.29) is 24.0 Å². The topological polar surface area (TPSA) is 97.6 Å². The summed E-state index contributed by atoms with van der Waals surface area (Å²) in [6.45, 7) is 10.2. The first-order valence-corrected chi connectivity index (χ1v) is 15.0. The molecule has 10 nitrogen and oxygen atoms in total. The van der Waals surface area contributed by atoms with Crippen LogP contribution in [-0.2, 0) is 11.3 Å². The highest BCUT2D eigenvalue weighted by Gasteiger charge is 2.33. The van der Waals surface area contributed by atoms with Gasteiger partial charge in [0, 0.05) is 57.6 Å². The number of fused-ring (bicyclic) bond motifs is 1. The minimum Gasteiger partial charge on any atom is -0.486 e. The molecule has 6 rings (SSSR count). The van der Waals surface area contributed by atoms with Gasteiger partial charge in [0.2, 0.25) is 11.9 Å². The molecule has 10 heteroatoms. The van der Waals surface area contributed by atoms with Gasteiger partial charge in [-0.3, -0.25) is 14.3 Å². The number of imidazole rings is 1. The van der Waals surface area contributed by atoms with Gasteiger partial charge >= 0.3 is 0 Å². The first-order valence-electron chi connectivity index (χ1n) is 15.0. The fourth-order valence-electron chi connectivity index (χ4n) is 5.57. The Labute approximate surface area is 252 Å². The number of anilines is 1. The highest BCUT2D eigenvalue weighted by Crippen LogP contribution is 2.32. The Kier molecular flexibility index (Phi) is 8.55. The summed E-state index contributed by atoms with van der Waals surface area (Å²) >= 11 is 0. The third-order valence-electron chi connectivity index (χ3n) is 7.97. The SMILES string of the molecule is Cc1ccc(CNC(=O)CC2CN(CC3COc4ccccc4O3)CCN2c2cc(C(C)C)nc(-n3ccnc3)n2)cc1. The lowest BCUT2D eigenvalue weighted by atomic mass is 10.1. The molecule has 224 valence electrons. The molecule has 2 aliphatic rings. The number of ether oxygens (including phenoxy) is 2. The molecule has 4 aromatic rings. The smallest absolute Gasteiger partial charge is 0.237 e. The molecule has 2 aromatic carbocycles. The second-order valence-electron chi connectivity index (χ2n) is 11.6. The quantitative estimate of drug-likeness (QED) is 0.315. The van der Waals surface area contributed by atoms with E-state index in [2.05, 4.69) is 71.2 Å². The van der Waals surface area contributed by atoms with E-state index in [0.717, 1.165) is 41.7 Å². The van der Waals surface area contributed by atoms with Crippen LogP contribution in [0.25, 0.3) is 5.95 Å². The minimum atomic E-state index is -0.0888. The summed E-state index contributed by atoms with van der Waals surface area (Å²) < 4.78 is 14.1. The maximum Gasteiger partial charge on any atom is 0.237 e. The highest BCUT2D eigenvalue weighted by molar-refractivity contribution is 5.77. The van der Waals surface area contributed by atoms with E-state index in [9.17, 15) is 4.79 Å². The van der Waals surface area contributed by atoms with Gasteiger partial charge in [-0.2, -0.15) is 4.98 Å². The molecular weight excluding hydrogens is 542 g/mol. The fourth-order valence-corrected chi connectivity index (χ4v) is 5.57. The van der Waals surface area contributed by atoms with Crippen molar-refractivity contribution in [1.29, 1.82) is 0 Å². The largest absolute Gasteiger partial charge is 0.486 e. The zero-order valence-electron chi connectivity index (χ0n) is 25.0. The Balaban J connectivity index is 1.21. The van der Waals surface area contributed by atoms with Gasteiger partial charge in [-0.15, -0.1) is 0 Å². The van der Waals surface area contributed by atoms with E-state index >= 15 is 0 Å². The molecule has 0 radical (unpaired) electrons. The van der Waals surface area contributed by atoms with E-state index < -0.39 is 0 Å². The molecule has 1 saturated heterocycles. The molecule has 1 amide bonds. The molecule has 0 spiro atoms. The van der Waals surface area contributed by atoms with Gasteiger partial charge in [0.25, 0.3) is 0 Å². The van der Waals surface area contributed by atoms with Gasteiger partial charge in [0.05, 0.1) is 11.7 Å². The van der Waals surface area contributed by atoms with Gasteiger partial charge in [-0.05, 0) is 30.5 Å². The van der Waals surface area contributed by atoms with Crippen LogP contribution in [0.15, 0.2) is 73.3 Å². The second kappa shape index (κ2) is 12.8. The summed E-state index contributed by atoms with van der Waals surface area (Å²) in [5, 5.41) is 3.13. The van der Waals surface area contributed by atoms with Crippen molar-refractivity contribution in [2.75, 3.05) is 37.7 Å². The van der Waals surface area contributed by atoms with Gasteiger partial charge in [0.1, 0.15) is 24.9 Å². The summed E-state index contributed by atoms with van der Waals surface area (Å²) in [4.78, 5) is 31.9. The maximum atomic E-state index is 13.3.